The van der Waals surface area contributed by atoms with E-state index in [4.69, 9.17) is 7.57 Å². The Kier molecular flexibility index (Phi) is 5.65. The molecule has 3 aromatic rings. The number of allylic oxidation sites excluding steroid dienone is 1. The largest absolute Gasteiger partial charge is 0.377 e. The molecule has 3 aromatic carbocycles. The monoisotopic (exact) mass is 358 g/mol. The molecular weight excluding hydrogens is 340 g/mol. The van der Waals surface area contributed by atoms with Gasteiger partial charge in [0.25, 0.3) is 5.69 Å². The predicted molar refractivity (Wildman–Crippen MR) is 112 cm³/mol. The lowest BCUT2D eigenvalue weighted by Gasteiger charge is -2.22. The van der Waals surface area contributed by atoms with E-state index in [9.17, 15) is 10.1 Å². The van der Waals surface area contributed by atoms with Gasteiger partial charge in [0.1, 0.15) is 0 Å². The van der Waals surface area contributed by atoms with Crippen LogP contribution in [0.3, 0.4) is 0 Å². The summed E-state index contributed by atoms with van der Waals surface area (Å²) in [5, 5.41) is 13.1. The van der Waals surface area contributed by atoms with Crippen LogP contribution >= 0.6 is 7.14 Å². The van der Waals surface area contributed by atoms with Crippen molar-refractivity contribution in [2.24, 2.45) is 0 Å². The Hall–Kier alpha value is -2.71. The standard InChI is InChI=1S/C21H18BNO2P/c22-26(20-9-3-1-4-10-20,21-11-5-2-6-12-21)17-7-8-18-13-15-19(16-14-18)23(24)25/h1-16H,17H2/q+1/b8-7+. The lowest BCUT2D eigenvalue weighted by atomic mass is 10.2. The number of hydrogen-bond acceptors (Lipinski definition) is 2. The fraction of sp³-hybridized carbons (Fsp3) is 0.0476. The van der Waals surface area contributed by atoms with E-state index in [0.717, 1.165) is 22.3 Å². The molecule has 2 radical (unpaired) electrons. The van der Waals surface area contributed by atoms with Crippen LogP contribution in [0.5, 0.6) is 0 Å². The van der Waals surface area contributed by atoms with Gasteiger partial charge in [-0.15, -0.1) is 0 Å². The zero-order chi connectivity index (χ0) is 18.4. The summed E-state index contributed by atoms with van der Waals surface area (Å²) in [5.74, 6) is 0. The molecule has 0 heterocycles. The minimum atomic E-state index is -2.03. The lowest BCUT2D eigenvalue weighted by Crippen LogP contribution is -2.24. The second-order valence-corrected chi connectivity index (χ2v) is 9.11. The number of nitro groups is 1. The van der Waals surface area contributed by atoms with Crippen molar-refractivity contribution in [1.29, 1.82) is 0 Å². The van der Waals surface area contributed by atoms with E-state index in [1.165, 1.54) is 12.1 Å². The molecule has 0 aliphatic heterocycles. The van der Waals surface area contributed by atoms with Crippen LogP contribution in [0.4, 0.5) is 5.69 Å². The second-order valence-electron chi connectivity index (χ2n) is 5.97. The van der Waals surface area contributed by atoms with Gasteiger partial charge in [-0.2, -0.15) is 0 Å². The fourth-order valence-corrected chi connectivity index (χ4v) is 5.38. The van der Waals surface area contributed by atoms with Gasteiger partial charge in [0, 0.05) is 19.3 Å². The van der Waals surface area contributed by atoms with Gasteiger partial charge in [-0.05, 0) is 48.0 Å². The van der Waals surface area contributed by atoms with E-state index in [2.05, 4.69) is 30.3 Å². The molecule has 3 nitrogen and oxygen atoms in total. The molecule has 0 amide bonds. The van der Waals surface area contributed by atoms with E-state index in [1.54, 1.807) is 12.1 Å². The van der Waals surface area contributed by atoms with Crippen molar-refractivity contribution in [3.05, 3.63) is 107 Å². The summed E-state index contributed by atoms with van der Waals surface area (Å²) in [5.41, 5.74) is 1.01. The fourth-order valence-electron chi connectivity index (χ4n) is 2.81. The summed E-state index contributed by atoms with van der Waals surface area (Å²) in [6, 6.07) is 26.9. The Morgan fingerprint density at radius 1 is 0.846 bits per heavy atom. The van der Waals surface area contributed by atoms with Crippen molar-refractivity contribution in [2.75, 3.05) is 6.16 Å². The zero-order valence-corrected chi connectivity index (χ0v) is 15.1. The van der Waals surface area contributed by atoms with Crippen LogP contribution in [-0.2, 0) is 0 Å². The SMILES string of the molecule is [B][P+](C/C=C/c1ccc([N+](=O)[O-])cc1)(c1ccccc1)c1ccccc1. The molecule has 0 unspecified atom stereocenters. The van der Waals surface area contributed by atoms with Gasteiger partial charge in [0.15, 0.2) is 0 Å². The molecule has 0 aromatic heterocycles. The van der Waals surface area contributed by atoms with E-state index in [0.29, 0.717) is 0 Å². The Morgan fingerprint density at radius 2 is 1.35 bits per heavy atom. The topological polar surface area (TPSA) is 43.1 Å². The average molecular weight is 358 g/mol. The van der Waals surface area contributed by atoms with E-state index in [1.807, 2.05) is 42.5 Å². The Bertz CT molecular complexity index is 857. The number of rotatable bonds is 6. The molecule has 0 spiro atoms. The molecule has 126 valence electrons. The molecule has 26 heavy (non-hydrogen) atoms. The summed E-state index contributed by atoms with van der Waals surface area (Å²) >= 11 is 0. The maximum Gasteiger partial charge on any atom is 0.377 e. The molecule has 5 heteroatoms. The summed E-state index contributed by atoms with van der Waals surface area (Å²) in [6.45, 7) is 0. The number of benzene rings is 3. The minimum absolute atomic E-state index is 0.0939. The maximum atomic E-state index is 10.7. The number of nitrogens with zero attached hydrogens (tertiary/aromatic N) is 1. The maximum absolute atomic E-state index is 10.7. The summed E-state index contributed by atoms with van der Waals surface area (Å²) in [6.07, 6.45) is 4.75. The van der Waals surface area contributed by atoms with Gasteiger partial charge in [-0.3, -0.25) is 10.1 Å². The van der Waals surface area contributed by atoms with Crippen LogP contribution < -0.4 is 10.6 Å². The van der Waals surface area contributed by atoms with Crippen LogP contribution in [0.2, 0.25) is 0 Å². The molecule has 0 N–H and O–H groups in total. The summed E-state index contributed by atoms with van der Waals surface area (Å²) in [4.78, 5) is 10.4. The normalized spacial score (nSPS) is 11.5. The van der Waals surface area contributed by atoms with Crippen LogP contribution in [-0.4, -0.2) is 18.7 Å². The van der Waals surface area contributed by atoms with Crippen molar-refractivity contribution >= 4 is 37.1 Å². The molecule has 0 saturated carbocycles. The van der Waals surface area contributed by atoms with E-state index in [-0.39, 0.29) is 5.69 Å². The zero-order valence-electron chi connectivity index (χ0n) is 14.2. The van der Waals surface area contributed by atoms with Crippen LogP contribution in [0, 0.1) is 10.1 Å². The van der Waals surface area contributed by atoms with Gasteiger partial charge < -0.3 is 0 Å². The highest BCUT2D eigenvalue weighted by atomic mass is 31.2. The lowest BCUT2D eigenvalue weighted by molar-refractivity contribution is -0.384. The first-order chi connectivity index (χ1) is 12.6. The minimum Gasteiger partial charge on any atom is -0.258 e. The molecule has 3 rings (SSSR count). The van der Waals surface area contributed by atoms with E-state index >= 15 is 0 Å². The Balaban J connectivity index is 1.86. The Morgan fingerprint density at radius 3 is 1.81 bits per heavy atom. The average Bonchev–Trinajstić information content (AvgIpc) is 2.69. The second kappa shape index (κ2) is 8.12. The van der Waals surface area contributed by atoms with E-state index < -0.39 is 12.1 Å². The third kappa shape index (κ3) is 4.09. The van der Waals surface area contributed by atoms with Crippen LogP contribution in [0.15, 0.2) is 91.0 Å². The smallest absolute Gasteiger partial charge is 0.258 e. The Labute approximate surface area is 155 Å². The predicted octanol–water partition coefficient (Wildman–Crippen LogP) is 4.36. The first-order valence-corrected chi connectivity index (χ1v) is 10.3. The number of hydrogen-bond donors (Lipinski definition) is 0. The van der Waals surface area contributed by atoms with Gasteiger partial charge in [0.2, 0.25) is 0 Å². The molecule has 0 aliphatic rings. The molecule has 0 bridgehead atoms. The molecule has 0 atom stereocenters. The van der Waals surface area contributed by atoms with Crippen molar-refractivity contribution < 1.29 is 4.92 Å². The first kappa shape index (κ1) is 18.1. The highest BCUT2D eigenvalue weighted by Crippen LogP contribution is 2.51. The quantitative estimate of drug-likeness (QED) is 0.284. The third-order valence-electron chi connectivity index (χ3n) is 4.24. The molecule has 0 aliphatic carbocycles. The number of non-ortho nitro benzene ring substituents is 1. The van der Waals surface area contributed by atoms with Gasteiger partial charge in [-0.1, -0.05) is 42.5 Å². The van der Waals surface area contributed by atoms with Gasteiger partial charge in [0.05, 0.1) is 21.7 Å². The number of nitro benzene ring substituents is 1. The van der Waals surface area contributed by atoms with Crippen molar-refractivity contribution in [2.45, 2.75) is 0 Å². The van der Waals surface area contributed by atoms with Crippen LogP contribution in [0.25, 0.3) is 6.08 Å². The van der Waals surface area contributed by atoms with Gasteiger partial charge >= 0.3 is 7.57 Å². The summed E-state index contributed by atoms with van der Waals surface area (Å²) < 4.78 is 0. The summed E-state index contributed by atoms with van der Waals surface area (Å²) in [7, 11) is 4.91. The molecule has 0 saturated heterocycles. The third-order valence-corrected chi connectivity index (χ3v) is 7.47. The van der Waals surface area contributed by atoms with Gasteiger partial charge in [-0.25, -0.2) is 0 Å². The highest BCUT2D eigenvalue weighted by Gasteiger charge is 2.35. The highest BCUT2D eigenvalue weighted by molar-refractivity contribution is 8.08. The molecule has 0 fully saturated rings. The van der Waals surface area contributed by atoms with Crippen LogP contribution in [0.1, 0.15) is 5.56 Å². The van der Waals surface area contributed by atoms with Crippen molar-refractivity contribution in [3.63, 3.8) is 0 Å². The van der Waals surface area contributed by atoms with Crippen molar-refractivity contribution in [1.82, 2.24) is 0 Å². The first-order valence-electron chi connectivity index (χ1n) is 8.28. The molecular formula is C21H18BNO2P+. The van der Waals surface area contributed by atoms with Crippen molar-refractivity contribution in [3.8, 4) is 0 Å².